The first-order valence-corrected chi connectivity index (χ1v) is 11.9. The lowest BCUT2D eigenvalue weighted by atomic mass is 10.1. The predicted molar refractivity (Wildman–Crippen MR) is 127 cm³/mol. The van der Waals surface area contributed by atoms with E-state index in [0.29, 0.717) is 26.3 Å². The second-order valence-electron chi connectivity index (χ2n) is 8.85. The van der Waals surface area contributed by atoms with Gasteiger partial charge in [0.2, 0.25) is 5.88 Å². The first-order chi connectivity index (χ1) is 15.6. The lowest BCUT2D eigenvalue weighted by molar-refractivity contribution is -0.0103. The third-order valence-corrected chi connectivity index (χ3v) is 5.75. The van der Waals surface area contributed by atoms with Crippen LogP contribution < -0.4 is 4.90 Å². The van der Waals surface area contributed by atoms with Crippen molar-refractivity contribution >= 4 is 5.88 Å². The van der Waals surface area contributed by atoms with Gasteiger partial charge in [-0.05, 0) is 39.5 Å². The average Bonchev–Trinajstić information content (AvgIpc) is 3.22. The van der Waals surface area contributed by atoms with Crippen LogP contribution in [0.15, 0.2) is 34.9 Å². The third-order valence-electron chi connectivity index (χ3n) is 5.75. The molecule has 0 radical (unpaired) electrons. The summed E-state index contributed by atoms with van der Waals surface area (Å²) in [7, 11) is 1.72. The van der Waals surface area contributed by atoms with Crippen molar-refractivity contribution in [1.29, 1.82) is 0 Å². The Kier molecular flexibility index (Phi) is 9.99. The number of hydrogen-bond acceptors (Lipinski definition) is 7. The fourth-order valence-corrected chi connectivity index (χ4v) is 4.16. The number of hydrogen-bond donors (Lipinski definition) is 1. The van der Waals surface area contributed by atoms with Crippen molar-refractivity contribution in [1.82, 2.24) is 10.1 Å². The molecule has 0 saturated carbocycles. The summed E-state index contributed by atoms with van der Waals surface area (Å²) in [5.41, 5.74) is 3.03. The molecule has 2 heterocycles. The van der Waals surface area contributed by atoms with Crippen LogP contribution in [0.3, 0.4) is 0 Å². The van der Waals surface area contributed by atoms with Crippen molar-refractivity contribution in [3.63, 3.8) is 0 Å². The van der Waals surface area contributed by atoms with E-state index in [0.717, 1.165) is 48.8 Å². The topological polar surface area (TPSA) is 71.2 Å². The van der Waals surface area contributed by atoms with Crippen molar-refractivity contribution in [2.75, 3.05) is 51.4 Å². The number of piperidine rings is 1. The molecule has 0 aliphatic carbocycles. The summed E-state index contributed by atoms with van der Waals surface area (Å²) < 4.78 is 16.8. The van der Waals surface area contributed by atoms with E-state index < -0.39 is 6.10 Å². The smallest absolute Gasteiger partial charge is 0.232 e. The Morgan fingerprint density at radius 2 is 1.91 bits per heavy atom. The second kappa shape index (κ2) is 12.9. The van der Waals surface area contributed by atoms with Crippen LogP contribution in [0.4, 0.5) is 5.88 Å². The Morgan fingerprint density at radius 3 is 2.59 bits per heavy atom. The van der Waals surface area contributed by atoms with Gasteiger partial charge < -0.3 is 24.0 Å². The summed E-state index contributed by atoms with van der Waals surface area (Å²) in [4.78, 5) is 4.59. The Bertz CT molecular complexity index is 775. The summed E-state index contributed by atoms with van der Waals surface area (Å²) in [5.74, 6) is 0.869. The summed E-state index contributed by atoms with van der Waals surface area (Å²) in [6.45, 7) is 8.95. The standard InChI is InChI=1S/C25H39N3O4/c1-20(2)31-19-22(29)17-27(13-10-16-30-3)18-23-24(21-11-6-4-7-12-21)26-32-25(23)28-14-8-5-9-15-28/h4,6-7,11-12,20,22,29H,5,8-10,13-19H2,1-3H3. The van der Waals surface area contributed by atoms with Crippen LogP contribution in [0.2, 0.25) is 0 Å². The predicted octanol–water partition coefficient (Wildman–Crippen LogP) is 3.96. The van der Waals surface area contributed by atoms with Gasteiger partial charge in [-0.3, -0.25) is 4.90 Å². The quantitative estimate of drug-likeness (QED) is 0.468. The van der Waals surface area contributed by atoms with Crippen LogP contribution in [0, 0.1) is 0 Å². The molecule has 1 atom stereocenters. The van der Waals surface area contributed by atoms with E-state index >= 15 is 0 Å². The van der Waals surface area contributed by atoms with Crippen LogP contribution in [-0.4, -0.2) is 73.9 Å². The van der Waals surface area contributed by atoms with E-state index in [2.05, 4.69) is 27.1 Å². The molecule has 1 aromatic carbocycles. The van der Waals surface area contributed by atoms with Gasteiger partial charge in [0.25, 0.3) is 0 Å². The Balaban J connectivity index is 1.83. The SMILES string of the molecule is COCCCN(Cc1c(-c2ccccc2)noc1N1CCCCC1)CC(O)COC(C)C. The van der Waals surface area contributed by atoms with Crippen LogP contribution in [0.5, 0.6) is 0 Å². The number of aromatic nitrogens is 1. The maximum Gasteiger partial charge on any atom is 0.232 e. The zero-order chi connectivity index (χ0) is 22.8. The first kappa shape index (κ1) is 24.7. The van der Waals surface area contributed by atoms with Gasteiger partial charge >= 0.3 is 0 Å². The van der Waals surface area contributed by atoms with Gasteiger partial charge in [0.15, 0.2) is 0 Å². The summed E-state index contributed by atoms with van der Waals surface area (Å²) in [6, 6.07) is 10.2. The maximum absolute atomic E-state index is 10.6. The summed E-state index contributed by atoms with van der Waals surface area (Å²) in [6.07, 6.45) is 4.03. The van der Waals surface area contributed by atoms with Gasteiger partial charge in [-0.2, -0.15) is 0 Å². The Morgan fingerprint density at radius 1 is 1.16 bits per heavy atom. The average molecular weight is 446 g/mol. The lowest BCUT2D eigenvalue weighted by Crippen LogP contribution is -2.37. The van der Waals surface area contributed by atoms with Gasteiger partial charge in [0.1, 0.15) is 5.69 Å². The molecule has 178 valence electrons. The molecule has 1 unspecified atom stereocenters. The number of methoxy groups -OCH3 is 1. The Labute approximate surface area is 192 Å². The van der Waals surface area contributed by atoms with E-state index in [-0.39, 0.29) is 6.10 Å². The van der Waals surface area contributed by atoms with Crippen LogP contribution in [-0.2, 0) is 16.0 Å². The minimum Gasteiger partial charge on any atom is -0.389 e. The fraction of sp³-hybridized carbons (Fsp3) is 0.640. The second-order valence-corrected chi connectivity index (χ2v) is 8.85. The molecular weight excluding hydrogens is 406 g/mol. The van der Waals surface area contributed by atoms with Crippen molar-refractivity contribution in [3.8, 4) is 11.3 Å². The van der Waals surface area contributed by atoms with Crippen molar-refractivity contribution in [2.45, 2.75) is 58.3 Å². The van der Waals surface area contributed by atoms with E-state index in [1.165, 1.54) is 19.3 Å². The highest BCUT2D eigenvalue weighted by Gasteiger charge is 2.26. The molecule has 7 heteroatoms. The van der Waals surface area contributed by atoms with Gasteiger partial charge in [0, 0.05) is 52.0 Å². The van der Waals surface area contributed by atoms with Crippen LogP contribution in [0.25, 0.3) is 11.3 Å². The molecule has 3 rings (SSSR count). The van der Waals surface area contributed by atoms with Crippen LogP contribution in [0.1, 0.15) is 45.1 Å². The molecule has 1 aliphatic heterocycles. The Hall–Kier alpha value is -1.93. The monoisotopic (exact) mass is 445 g/mol. The molecule has 0 amide bonds. The normalized spacial score (nSPS) is 15.6. The highest BCUT2D eigenvalue weighted by molar-refractivity contribution is 5.68. The molecule has 32 heavy (non-hydrogen) atoms. The number of ether oxygens (including phenoxy) is 2. The van der Waals surface area contributed by atoms with Crippen LogP contribution >= 0.6 is 0 Å². The third kappa shape index (κ3) is 7.30. The number of rotatable bonds is 13. The molecule has 1 saturated heterocycles. The van der Waals surface area contributed by atoms with Crippen molar-refractivity contribution in [3.05, 3.63) is 35.9 Å². The molecule has 7 nitrogen and oxygen atoms in total. The molecule has 1 aliphatic rings. The number of aliphatic hydroxyl groups excluding tert-OH is 1. The molecule has 0 bridgehead atoms. The highest BCUT2D eigenvalue weighted by atomic mass is 16.5. The van der Waals surface area contributed by atoms with Crippen molar-refractivity contribution in [2.24, 2.45) is 0 Å². The molecule has 0 spiro atoms. The number of anilines is 1. The van der Waals surface area contributed by atoms with E-state index in [1.54, 1.807) is 7.11 Å². The number of nitrogens with zero attached hydrogens (tertiary/aromatic N) is 3. The maximum atomic E-state index is 10.6. The zero-order valence-electron chi connectivity index (χ0n) is 19.8. The van der Waals surface area contributed by atoms with E-state index in [1.807, 2.05) is 32.0 Å². The molecule has 1 N–H and O–H groups in total. The highest BCUT2D eigenvalue weighted by Crippen LogP contribution is 2.34. The van der Waals surface area contributed by atoms with Crippen molar-refractivity contribution < 1.29 is 19.1 Å². The summed E-state index contributed by atoms with van der Waals surface area (Å²) in [5, 5.41) is 15.1. The molecular formula is C25H39N3O4. The summed E-state index contributed by atoms with van der Waals surface area (Å²) >= 11 is 0. The fourth-order valence-electron chi connectivity index (χ4n) is 4.16. The van der Waals surface area contributed by atoms with Gasteiger partial charge in [-0.15, -0.1) is 0 Å². The van der Waals surface area contributed by atoms with Gasteiger partial charge in [-0.1, -0.05) is 35.5 Å². The lowest BCUT2D eigenvalue weighted by Gasteiger charge is -2.29. The molecule has 1 aromatic heterocycles. The minimum absolute atomic E-state index is 0.0973. The zero-order valence-corrected chi connectivity index (χ0v) is 19.8. The molecule has 2 aromatic rings. The largest absolute Gasteiger partial charge is 0.389 e. The minimum atomic E-state index is -0.557. The van der Waals surface area contributed by atoms with E-state index in [4.69, 9.17) is 14.0 Å². The number of benzene rings is 1. The van der Waals surface area contributed by atoms with Gasteiger partial charge in [-0.25, -0.2) is 0 Å². The van der Waals surface area contributed by atoms with E-state index in [9.17, 15) is 5.11 Å². The first-order valence-electron chi connectivity index (χ1n) is 11.9. The number of aliphatic hydroxyl groups is 1. The molecule has 1 fully saturated rings. The van der Waals surface area contributed by atoms with Gasteiger partial charge in [0.05, 0.1) is 24.4 Å².